The topological polar surface area (TPSA) is 61.7 Å². The third-order valence-electron chi connectivity index (χ3n) is 15.4. The number of rotatable bonds is 11. The van der Waals surface area contributed by atoms with Crippen molar-refractivity contribution in [3.8, 4) is 123 Å². The average molecular weight is 1010 g/mol. The largest absolute Gasteiger partial charge is 0.456 e. The summed E-state index contributed by atoms with van der Waals surface area (Å²) in [4.78, 5) is 14.2. The second kappa shape index (κ2) is 19.9. The van der Waals surface area contributed by atoms with Gasteiger partial charge in [-0.15, -0.1) is 0 Å². The van der Waals surface area contributed by atoms with Crippen molar-refractivity contribution in [2.24, 2.45) is 14.1 Å². The van der Waals surface area contributed by atoms with Crippen LogP contribution in [0.1, 0.15) is 0 Å². The van der Waals surface area contributed by atoms with E-state index in [-0.39, 0.29) is 0 Å². The van der Waals surface area contributed by atoms with E-state index in [0.717, 1.165) is 145 Å². The van der Waals surface area contributed by atoms with Crippen LogP contribution in [0.15, 0.2) is 278 Å². The molecule has 374 valence electrons. The minimum absolute atomic E-state index is 0.871. The van der Waals surface area contributed by atoms with E-state index in [1.807, 2.05) is 57.2 Å². The monoisotopic (exact) mass is 1010 g/mol. The third kappa shape index (κ3) is 8.81. The van der Waals surface area contributed by atoms with Crippen LogP contribution in [-0.2, 0) is 14.1 Å². The lowest BCUT2D eigenvalue weighted by atomic mass is 9.84. The number of benzene rings is 10. The van der Waals surface area contributed by atoms with E-state index in [9.17, 15) is 0 Å². The summed E-state index contributed by atoms with van der Waals surface area (Å²) in [5.41, 5.74) is 23.8. The van der Waals surface area contributed by atoms with Crippen LogP contribution in [0.4, 0.5) is 0 Å². The Morgan fingerprint density at radius 1 is 0.266 bits per heavy atom. The zero-order valence-electron chi connectivity index (χ0n) is 43.6. The number of furan rings is 1. The maximum atomic E-state index is 6.31. The molecule has 10 aromatic carbocycles. The molecule has 0 aliphatic heterocycles. The molecule has 0 spiro atoms. The van der Waals surface area contributed by atoms with E-state index in [0.29, 0.717) is 0 Å². The fourth-order valence-electron chi connectivity index (χ4n) is 11.4. The lowest BCUT2D eigenvalue weighted by molar-refractivity contribution is 0.669. The Hall–Kier alpha value is -10.4. The van der Waals surface area contributed by atoms with Gasteiger partial charge in [-0.2, -0.15) is 0 Å². The van der Waals surface area contributed by atoms with Crippen LogP contribution in [0.25, 0.3) is 145 Å². The summed E-state index contributed by atoms with van der Waals surface area (Å²) in [5.74, 6) is 1.87. The number of imidazole rings is 2. The van der Waals surface area contributed by atoms with Crippen LogP contribution in [0, 0.1) is 0 Å². The molecule has 14 rings (SSSR count). The highest BCUT2D eigenvalue weighted by molar-refractivity contribution is 6.06. The van der Waals surface area contributed by atoms with Crippen molar-refractivity contribution >= 4 is 21.9 Å². The first kappa shape index (κ1) is 47.1. The van der Waals surface area contributed by atoms with E-state index >= 15 is 0 Å². The number of hydrogen-bond donors (Lipinski definition) is 0. The molecule has 0 saturated carbocycles. The highest BCUT2D eigenvalue weighted by atomic mass is 16.3. The van der Waals surface area contributed by atoms with Crippen LogP contribution in [0.5, 0.6) is 0 Å². The van der Waals surface area contributed by atoms with Gasteiger partial charge >= 0.3 is 0 Å². The second-order valence-electron chi connectivity index (χ2n) is 20.2. The maximum Gasteiger partial charge on any atom is 0.139 e. The molecule has 4 aromatic heterocycles. The van der Waals surface area contributed by atoms with Gasteiger partial charge in [0.05, 0.1) is 5.69 Å². The van der Waals surface area contributed by atoms with Crippen molar-refractivity contribution in [1.82, 2.24) is 24.1 Å². The Bertz CT molecular complexity index is 4420. The molecule has 0 fully saturated rings. The summed E-state index contributed by atoms with van der Waals surface area (Å²) in [7, 11) is 4.06. The van der Waals surface area contributed by atoms with E-state index in [1.54, 1.807) is 0 Å². The smallest absolute Gasteiger partial charge is 0.139 e. The minimum atomic E-state index is 0.871. The van der Waals surface area contributed by atoms with Gasteiger partial charge in [-0.3, -0.25) is 4.98 Å². The predicted octanol–water partition coefficient (Wildman–Crippen LogP) is 18.8. The molecule has 0 N–H and O–H groups in total. The lowest BCUT2D eigenvalue weighted by Gasteiger charge is -2.19. The molecule has 0 radical (unpaired) electrons. The molecule has 0 atom stereocenters. The predicted molar refractivity (Wildman–Crippen MR) is 325 cm³/mol. The number of hydrogen-bond acceptors (Lipinski definition) is 4. The van der Waals surface area contributed by atoms with E-state index in [1.165, 1.54) is 0 Å². The number of pyridine rings is 1. The quantitative estimate of drug-likeness (QED) is 0.130. The fraction of sp³-hybridized carbons (Fsp3) is 0.0274. The van der Waals surface area contributed by atoms with Gasteiger partial charge in [0.15, 0.2) is 0 Å². The number of fused-ring (bicyclic) bond motifs is 3. The number of aryl methyl sites for hydroxylation is 2. The van der Waals surface area contributed by atoms with Crippen LogP contribution in [0.3, 0.4) is 0 Å². The minimum Gasteiger partial charge on any atom is -0.456 e. The highest BCUT2D eigenvalue weighted by Crippen LogP contribution is 2.45. The van der Waals surface area contributed by atoms with Crippen LogP contribution in [0.2, 0.25) is 0 Å². The summed E-state index contributed by atoms with van der Waals surface area (Å²) in [6.45, 7) is 0. The van der Waals surface area contributed by atoms with E-state index < -0.39 is 0 Å². The number of nitrogens with zero attached hydrogens (tertiary/aromatic N) is 5. The van der Waals surface area contributed by atoms with Gasteiger partial charge in [0.2, 0.25) is 0 Å². The Kier molecular flexibility index (Phi) is 11.9. The third-order valence-corrected chi connectivity index (χ3v) is 15.4. The number of aromatic nitrogens is 5. The van der Waals surface area contributed by atoms with Crippen molar-refractivity contribution in [2.45, 2.75) is 0 Å². The first-order valence-corrected chi connectivity index (χ1v) is 26.6. The van der Waals surface area contributed by atoms with Gasteiger partial charge in [0.25, 0.3) is 0 Å². The summed E-state index contributed by atoms with van der Waals surface area (Å²) in [6, 6.07) is 87.6. The van der Waals surface area contributed by atoms with Gasteiger partial charge in [0.1, 0.15) is 22.8 Å². The maximum absolute atomic E-state index is 6.31. The molecular formula is C73H51N5O. The Morgan fingerprint density at radius 3 is 1.27 bits per heavy atom. The molecular weight excluding hydrogens is 963 g/mol. The Morgan fingerprint density at radius 2 is 0.696 bits per heavy atom. The lowest BCUT2D eigenvalue weighted by Crippen LogP contribution is -1.94. The van der Waals surface area contributed by atoms with Crippen molar-refractivity contribution in [3.05, 3.63) is 274 Å². The Balaban J connectivity index is 0.910. The van der Waals surface area contributed by atoms with Gasteiger partial charge in [-0.25, -0.2) is 9.97 Å². The summed E-state index contributed by atoms with van der Waals surface area (Å²) >= 11 is 0. The molecule has 4 heterocycles. The second-order valence-corrected chi connectivity index (χ2v) is 20.2. The molecule has 79 heavy (non-hydrogen) atoms. The van der Waals surface area contributed by atoms with Crippen LogP contribution < -0.4 is 0 Å². The van der Waals surface area contributed by atoms with Crippen molar-refractivity contribution in [3.63, 3.8) is 0 Å². The van der Waals surface area contributed by atoms with Crippen molar-refractivity contribution < 1.29 is 4.42 Å². The first-order valence-electron chi connectivity index (χ1n) is 26.6. The molecule has 0 aliphatic rings. The SMILES string of the molecule is Cn1ccnc1-c1ccc(-c2ccccc2-c2cc(-c3ccccc3-c3ccc(-c4nccn4C)cc3)cc(-c3ccccc3-c3ccc(-c4cc(-c5ccc6c(c5)oc5ccccc56)ccn4)cc3-c3ccccc3)c2)cc1. The summed E-state index contributed by atoms with van der Waals surface area (Å²) in [6.07, 6.45) is 9.57. The van der Waals surface area contributed by atoms with Crippen molar-refractivity contribution in [1.29, 1.82) is 0 Å². The summed E-state index contributed by atoms with van der Waals surface area (Å²) < 4.78 is 10.4. The average Bonchev–Trinajstić information content (AvgIpc) is 4.38. The Labute approximate surface area is 458 Å². The normalized spacial score (nSPS) is 11.4. The first-order chi connectivity index (χ1) is 39.0. The molecule has 6 heteroatoms. The summed E-state index contributed by atoms with van der Waals surface area (Å²) in [5, 5.41) is 2.23. The van der Waals surface area contributed by atoms with Gasteiger partial charge in [0, 0.05) is 72.5 Å². The molecule has 0 aliphatic carbocycles. The van der Waals surface area contributed by atoms with Crippen molar-refractivity contribution in [2.75, 3.05) is 0 Å². The highest BCUT2D eigenvalue weighted by Gasteiger charge is 2.20. The van der Waals surface area contributed by atoms with Crippen LogP contribution >= 0.6 is 0 Å². The molecule has 14 aromatic rings. The van der Waals surface area contributed by atoms with Gasteiger partial charge < -0.3 is 13.6 Å². The van der Waals surface area contributed by atoms with Gasteiger partial charge in [-0.1, -0.05) is 188 Å². The van der Waals surface area contributed by atoms with E-state index in [4.69, 9.17) is 9.40 Å². The van der Waals surface area contributed by atoms with Crippen LogP contribution in [-0.4, -0.2) is 24.1 Å². The molecule has 0 unspecified atom stereocenters. The zero-order chi connectivity index (χ0) is 52.8. The standard InChI is InChI=1S/C73H51N5O/c1-77-40-38-75-72(77)51-28-24-49(25-29-51)59-16-6-8-18-61(59)56-42-57(62-19-9-7-17-60(62)50-26-30-52(31-27-50)73-76-39-41-78(73)2)44-58(43-56)63-20-10-11-21-64(63)65-34-33-55(45-68(65)48-14-4-3-5-15-48)69-46-54(36-37-74-69)53-32-35-67-66-22-12-13-23-70(66)79-71(67)47-53/h3-47H,1-2H3. The molecule has 0 amide bonds. The van der Waals surface area contributed by atoms with E-state index in [2.05, 4.69) is 250 Å². The zero-order valence-corrected chi connectivity index (χ0v) is 43.6. The van der Waals surface area contributed by atoms with Gasteiger partial charge in [-0.05, 0) is 144 Å². The molecule has 0 saturated heterocycles. The molecule has 0 bridgehead atoms. The molecule has 6 nitrogen and oxygen atoms in total. The number of para-hydroxylation sites is 1. The fourth-order valence-corrected chi connectivity index (χ4v) is 11.4.